The summed E-state index contributed by atoms with van der Waals surface area (Å²) in [4.78, 5) is 0. The molecular formula is C14H19N3. The molecule has 0 spiro atoms. The molecule has 90 valence electrons. The van der Waals surface area contributed by atoms with Gasteiger partial charge in [0.25, 0.3) is 0 Å². The molecule has 2 rings (SSSR count). The summed E-state index contributed by atoms with van der Waals surface area (Å²) in [7, 11) is 0. The fourth-order valence-electron chi connectivity index (χ4n) is 2.57. The minimum Gasteiger partial charge on any atom is -0.396 e. The summed E-state index contributed by atoms with van der Waals surface area (Å²) in [6.07, 6.45) is 4.99. The molecule has 0 radical (unpaired) electrons. The molecule has 1 saturated carbocycles. The Morgan fingerprint density at radius 1 is 1.41 bits per heavy atom. The SMILES string of the molecule is CC1CCCC(Nc2cccc(C#N)c2N)C1. The number of benzene rings is 1. The number of nitrogens with zero attached hydrogens (tertiary/aromatic N) is 1. The molecule has 2 unspecified atom stereocenters. The fourth-order valence-corrected chi connectivity index (χ4v) is 2.57. The smallest absolute Gasteiger partial charge is 0.101 e. The topological polar surface area (TPSA) is 61.8 Å². The number of nitrogens with one attached hydrogen (secondary N) is 1. The van der Waals surface area contributed by atoms with Crippen molar-refractivity contribution in [3.8, 4) is 6.07 Å². The van der Waals surface area contributed by atoms with Gasteiger partial charge in [0, 0.05) is 6.04 Å². The molecule has 1 fully saturated rings. The van der Waals surface area contributed by atoms with Gasteiger partial charge in [-0.25, -0.2) is 0 Å². The van der Waals surface area contributed by atoms with Crippen LogP contribution in [0, 0.1) is 17.2 Å². The maximum absolute atomic E-state index is 8.93. The average Bonchev–Trinajstić information content (AvgIpc) is 2.32. The molecule has 1 aliphatic rings. The first-order valence-electron chi connectivity index (χ1n) is 6.26. The third-order valence-electron chi connectivity index (χ3n) is 3.52. The molecule has 0 amide bonds. The molecule has 0 heterocycles. The number of anilines is 2. The Kier molecular flexibility index (Phi) is 3.53. The van der Waals surface area contributed by atoms with Gasteiger partial charge in [-0.05, 0) is 30.9 Å². The number of para-hydroxylation sites is 1. The average molecular weight is 229 g/mol. The Morgan fingerprint density at radius 3 is 2.94 bits per heavy atom. The van der Waals surface area contributed by atoms with Crippen molar-refractivity contribution in [1.82, 2.24) is 0 Å². The Hall–Kier alpha value is -1.69. The van der Waals surface area contributed by atoms with Crippen LogP contribution in [0.5, 0.6) is 0 Å². The first kappa shape index (κ1) is 11.8. The molecule has 3 N–H and O–H groups in total. The highest BCUT2D eigenvalue weighted by molar-refractivity contribution is 5.73. The minimum absolute atomic E-state index is 0.495. The van der Waals surface area contributed by atoms with Crippen molar-refractivity contribution in [2.45, 2.75) is 38.6 Å². The summed E-state index contributed by atoms with van der Waals surface area (Å²) < 4.78 is 0. The summed E-state index contributed by atoms with van der Waals surface area (Å²) in [6.45, 7) is 2.29. The first-order chi connectivity index (χ1) is 8.20. The van der Waals surface area contributed by atoms with E-state index >= 15 is 0 Å². The zero-order chi connectivity index (χ0) is 12.3. The van der Waals surface area contributed by atoms with Crippen LogP contribution in [0.4, 0.5) is 11.4 Å². The van der Waals surface area contributed by atoms with Crippen molar-refractivity contribution in [3.05, 3.63) is 23.8 Å². The Morgan fingerprint density at radius 2 is 2.24 bits per heavy atom. The molecule has 1 aromatic rings. The molecule has 3 heteroatoms. The van der Waals surface area contributed by atoms with Crippen LogP contribution in [0.2, 0.25) is 0 Å². The highest BCUT2D eigenvalue weighted by Gasteiger charge is 2.19. The van der Waals surface area contributed by atoms with E-state index < -0.39 is 0 Å². The van der Waals surface area contributed by atoms with Gasteiger partial charge in [0.1, 0.15) is 6.07 Å². The van der Waals surface area contributed by atoms with E-state index in [0.29, 0.717) is 17.3 Å². The molecule has 0 bridgehead atoms. The largest absolute Gasteiger partial charge is 0.396 e. The third-order valence-corrected chi connectivity index (χ3v) is 3.52. The van der Waals surface area contributed by atoms with Crippen LogP contribution in [-0.4, -0.2) is 6.04 Å². The molecule has 0 saturated heterocycles. The molecule has 1 aromatic carbocycles. The van der Waals surface area contributed by atoms with Crippen molar-refractivity contribution >= 4 is 11.4 Å². The number of rotatable bonds is 2. The summed E-state index contributed by atoms with van der Waals surface area (Å²) in [5.41, 5.74) is 8.00. The van der Waals surface area contributed by atoms with Crippen molar-refractivity contribution in [1.29, 1.82) is 5.26 Å². The van der Waals surface area contributed by atoms with Crippen LogP contribution in [-0.2, 0) is 0 Å². The van der Waals surface area contributed by atoms with E-state index in [9.17, 15) is 0 Å². The molecule has 0 aromatic heterocycles. The second-order valence-electron chi connectivity index (χ2n) is 4.99. The molecular weight excluding hydrogens is 210 g/mol. The lowest BCUT2D eigenvalue weighted by Crippen LogP contribution is -2.26. The standard InChI is InChI=1S/C14H19N3/c1-10-4-2-6-12(8-10)17-13-7-3-5-11(9-15)14(13)16/h3,5,7,10,12,17H,2,4,6,8,16H2,1H3. The Balaban J connectivity index is 2.11. The second-order valence-corrected chi connectivity index (χ2v) is 4.99. The van der Waals surface area contributed by atoms with E-state index in [0.717, 1.165) is 11.6 Å². The van der Waals surface area contributed by atoms with Gasteiger partial charge in [-0.3, -0.25) is 0 Å². The van der Waals surface area contributed by atoms with Gasteiger partial charge in [-0.2, -0.15) is 5.26 Å². The van der Waals surface area contributed by atoms with Gasteiger partial charge in [0.2, 0.25) is 0 Å². The highest BCUT2D eigenvalue weighted by Crippen LogP contribution is 2.29. The number of nitrogens with two attached hydrogens (primary N) is 1. The van der Waals surface area contributed by atoms with Gasteiger partial charge in [0.15, 0.2) is 0 Å². The Bertz CT molecular complexity index is 434. The van der Waals surface area contributed by atoms with Gasteiger partial charge in [-0.1, -0.05) is 25.8 Å². The molecule has 0 aliphatic heterocycles. The van der Waals surface area contributed by atoms with Crippen LogP contribution in [0.15, 0.2) is 18.2 Å². The van der Waals surface area contributed by atoms with Crippen LogP contribution < -0.4 is 11.1 Å². The number of nitriles is 1. The minimum atomic E-state index is 0.495. The first-order valence-corrected chi connectivity index (χ1v) is 6.26. The van der Waals surface area contributed by atoms with Crippen LogP contribution in [0.25, 0.3) is 0 Å². The van der Waals surface area contributed by atoms with Gasteiger partial charge in [0.05, 0.1) is 16.9 Å². The highest BCUT2D eigenvalue weighted by atomic mass is 14.9. The van der Waals surface area contributed by atoms with E-state index in [1.54, 1.807) is 6.07 Å². The lowest BCUT2D eigenvalue weighted by atomic mass is 9.87. The quantitative estimate of drug-likeness (QED) is 0.766. The van der Waals surface area contributed by atoms with Crippen LogP contribution in [0.3, 0.4) is 0 Å². The molecule has 2 atom stereocenters. The van der Waals surface area contributed by atoms with Crippen LogP contribution in [0.1, 0.15) is 38.2 Å². The third kappa shape index (κ3) is 2.71. The van der Waals surface area contributed by atoms with Gasteiger partial charge < -0.3 is 11.1 Å². The zero-order valence-electron chi connectivity index (χ0n) is 10.2. The summed E-state index contributed by atoms with van der Waals surface area (Å²) in [6, 6.07) is 8.20. The maximum atomic E-state index is 8.93. The van der Waals surface area contributed by atoms with E-state index in [1.165, 1.54) is 25.7 Å². The number of hydrogen-bond donors (Lipinski definition) is 2. The van der Waals surface area contributed by atoms with Crippen molar-refractivity contribution in [2.75, 3.05) is 11.1 Å². The van der Waals surface area contributed by atoms with Crippen molar-refractivity contribution in [3.63, 3.8) is 0 Å². The maximum Gasteiger partial charge on any atom is 0.101 e. The summed E-state index contributed by atoms with van der Waals surface area (Å²) >= 11 is 0. The summed E-state index contributed by atoms with van der Waals surface area (Å²) in [5, 5.41) is 12.4. The van der Waals surface area contributed by atoms with E-state index in [2.05, 4.69) is 18.3 Å². The van der Waals surface area contributed by atoms with Gasteiger partial charge >= 0.3 is 0 Å². The lowest BCUT2D eigenvalue weighted by Gasteiger charge is -2.28. The van der Waals surface area contributed by atoms with Crippen molar-refractivity contribution in [2.24, 2.45) is 5.92 Å². The molecule has 3 nitrogen and oxygen atoms in total. The zero-order valence-corrected chi connectivity index (χ0v) is 10.2. The fraction of sp³-hybridized carbons (Fsp3) is 0.500. The lowest BCUT2D eigenvalue weighted by molar-refractivity contribution is 0.359. The van der Waals surface area contributed by atoms with Crippen molar-refractivity contribution < 1.29 is 0 Å². The second kappa shape index (κ2) is 5.09. The Labute approximate surface area is 103 Å². The monoisotopic (exact) mass is 229 g/mol. The van der Waals surface area contributed by atoms with Gasteiger partial charge in [-0.15, -0.1) is 0 Å². The number of nitrogen functional groups attached to an aromatic ring is 1. The van der Waals surface area contributed by atoms with Crippen LogP contribution >= 0.6 is 0 Å². The number of hydrogen-bond acceptors (Lipinski definition) is 3. The predicted molar refractivity (Wildman–Crippen MR) is 70.6 cm³/mol. The molecule has 17 heavy (non-hydrogen) atoms. The summed E-state index contributed by atoms with van der Waals surface area (Å²) in [5.74, 6) is 0.779. The predicted octanol–water partition coefficient (Wildman–Crippen LogP) is 3.13. The normalized spacial score (nSPS) is 24.0. The van der Waals surface area contributed by atoms with E-state index in [1.807, 2.05) is 12.1 Å². The van der Waals surface area contributed by atoms with E-state index in [-0.39, 0.29) is 0 Å². The van der Waals surface area contributed by atoms with E-state index in [4.69, 9.17) is 11.0 Å². The molecule has 1 aliphatic carbocycles.